The van der Waals surface area contributed by atoms with Crippen LogP contribution >= 0.6 is 0 Å². The van der Waals surface area contributed by atoms with Crippen LogP contribution in [0.4, 0.5) is 0 Å². The molecular weight excluding hydrogens is 370 g/mol. The molecule has 0 atom stereocenters. The molecule has 0 radical (unpaired) electrons. The fraction of sp³-hybridized carbons (Fsp3) is 0.316. The molecule has 0 heterocycles. The van der Waals surface area contributed by atoms with Crippen molar-refractivity contribution in [2.24, 2.45) is 5.73 Å². The van der Waals surface area contributed by atoms with Crippen molar-refractivity contribution in [3.63, 3.8) is 0 Å². The number of hydrogen-bond donors (Lipinski definition) is 1. The molecule has 0 aliphatic heterocycles. The molecule has 0 bridgehead atoms. The standard InChI is InChI=1S/C19H23NO6S/c1-13-6-4-8-15(10-13)27(22,23)26-9-5-7-14-11-16(19(20)21)18(25-3)17(12-14)24-2/h4,6,8,10-12H,5,7,9H2,1-3H3,(H2,20,21). The first kappa shape index (κ1) is 20.7. The topological polar surface area (TPSA) is 105 Å². The van der Waals surface area contributed by atoms with Crippen molar-refractivity contribution in [3.05, 3.63) is 53.1 Å². The lowest BCUT2D eigenvalue weighted by Gasteiger charge is -2.13. The van der Waals surface area contributed by atoms with E-state index >= 15 is 0 Å². The molecule has 2 N–H and O–H groups in total. The van der Waals surface area contributed by atoms with Crippen LogP contribution < -0.4 is 15.2 Å². The molecule has 7 nitrogen and oxygen atoms in total. The van der Waals surface area contributed by atoms with Crippen molar-refractivity contribution in [1.82, 2.24) is 0 Å². The van der Waals surface area contributed by atoms with E-state index in [4.69, 9.17) is 19.4 Å². The lowest BCUT2D eigenvalue weighted by molar-refractivity contribution is 0.0996. The van der Waals surface area contributed by atoms with Crippen LogP contribution in [-0.4, -0.2) is 35.2 Å². The first-order valence-electron chi connectivity index (χ1n) is 8.29. The van der Waals surface area contributed by atoms with E-state index in [1.54, 1.807) is 24.3 Å². The number of hydrogen-bond acceptors (Lipinski definition) is 6. The molecule has 0 aliphatic carbocycles. The molecule has 8 heteroatoms. The summed E-state index contributed by atoms with van der Waals surface area (Å²) in [4.78, 5) is 11.8. The Labute approximate surface area is 159 Å². The van der Waals surface area contributed by atoms with Crippen molar-refractivity contribution >= 4 is 16.0 Å². The Hall–Kier alpha value is -2.58. The summed E-state index contributed by atoms with van der Waals surface area (Å²) < 4.78 is 39.9. The van der Waals surface area contributed by atoms with Gasteiger partial charge < -0.3 is 15.2 Å². The van der Waals surface area contributed by atoms with Gasteiger partial charge in [0.25, 0.3) is 16.0 Å². The second kappa shape index (κ2) is 8.88. The largest absolute Gasteiger partial charge is 0.493 e. The minimum Gasteiger partial charge on any atom is -0.493 e. The van der Waals surface area contributed by atoms with Gasteiger partial charge in [-0.15, -0.1) is 0 Å². The Balaban J connectivity index is 2.05. The number of methoxy groups -OCH3 is 2. The third kappa shape index (κ3) is 5.21. The maximum Gasteiger partial charge on any atom is 0.296 e. The summed E-state index contributed by atoms with van der Waals surface area (Å²) in [6.07, 6.45) is 0.905. The van der Waals surface area contributed by atoms with Gasteiger partial charge in [-0.05, 0) is 55.2 Å². The highest BCUT2D eigenvalue weighted by molar-refractivity contribution is 7.86. The summed E-state index contributed by atoms with van der Waals surface area (Å²) >= 11 is 0. The normalized spacial score (nSPS) is 11.2. The van der Waals surface area contributed by atoms with Gasteiger partial charge in [0, 0.05) is 0 Å². The summed E-state index contributed by atoms with van der Waals surface area (Å²) in [6.45, 7) is 1.82. The number of rotatable bonds is 9. The number of carbonyl (C=O) groups excluding carboxylic acids is 1. The fourth-order valence-electron chi connectivity index (χ4n) is 2.63. The molecule has 0 fully saturated rings. The lowest BCUT2D eigenvalue weighted by atomic mass is 10.0. The zero-order valence-electron chi connectivity index (χ0n) is 15.5. The van der Waals surface area contributed by atoms with Gasteiger partial charge in [0.1, 0.15) is 0 Å². The molecule has 146 valence electrons. The number of amides is 1. The van der Waals surface area contributed by atoms with Gasteiger partial charge in [0.2, 0.25) is 0 Å². The van der Waals surface area contributed by atoms with Gasteiger partial charge in [-0.1, -0.05) is 12.1 Å². The highest BCUT2D eigenvalue weighted by Crippen LogP contribution is 2.32. The number of ether oxygens (including phenoxy) is 2. The number of primary amides is 1. The predicted molar refractivity (Wildman–Crippen MR) is 101 cm³/mol. The molecule has 0 aromatic heterocycles. The molecule has 2 aromatic rings. The van der Waals surface area contributed by atoms with E-state index in [0.717, 1.165) is 11.1 Å². The van der Waals surface area contributed by atoms with Crippen LogP contribution in [0.25, 0.3) is 0 Å². The summed E-state index contributed by atoms with van der Waals surface area (Å²) in [6, 6.07) is 9.87. The maximum absolute atomic E-state index is 12.2. The van der Waals surface area contributed by atoms with E-state index in [2.05, 4.69) is 0 Å². The highest BCUT2D eigenvalue weighted by Gasteiger charge is 2.17. The average molecular weight is 393 g/mol. The Morgan fingerprint density at radius 3 is 2.44 bits per heavy atom. The summed E-state index contributed by atoms with van der Waals surface area (Å²) in [7, 11) is -0.914. The van der Waals surface area contributed by atoms with Crippen molar-refractivity contribution in [2.45, 2.75) is 24.7 Å². The van der Waals surface area contributed by atoms with Crippen LogP contribution in [0.3, 0.4) is 0 Å². The average Bonchev–Trinajstić information content (AvgIpc) is 2.64. The summed E-state index contributed by atoms with van der Waals surface area (Å²) in [5.74, 6) is 0.0226. The third-order valence-corrected chi connectivity index (χ3v) is 5.24. The monoisotopic (exact) mass is 393 g/mol. The van der Waals surface area contributed by atoms with Crippen molar-refractivity contribution < 1.29 is 26.9 Å². The number of aryl methyl sites for hydroxylation is 2. The molecule has 1 amide bonds. The van der Waals surface area contributed by atoms with E-state index in [1.165, 1.54) is 20.3 Å². The fourth-order valence-corrected chi connectivity index (χ4v) is 3.68. The molecule has 0 unspecified atom stereocenters. The van der Waals surface area contributed by atoms with Crippen molar-refractivity contribution in [2.75, 3.05) is 20.8 Å². The minimum atomic E-state index is -3.80. The van der Waals surface area contributed by atoms with E-state index in [1.807, 2.05) is 13.0 Å². The van der Waals surface area contributed by atoms with Crippen LogP contribution in [0.15, 0.2) is 41.3 Å². The number of carbonyl (C=O) groups is 1. The highest BCUT2D eigenvalue weighted by atomic mass is 32.2. The van der Waals surface area contributed by atoms with Gasteiger partial charge in [-0.2, -0.15) is 8.42 Å². The molecule has 0 saturated heterocycles. The van der Waals surface area contributed by atoms with Gasteiger partial charge in [0.15, 0.2) is 11.5 Å². The summed E-state index contributed by atoms with van der Waals surface area (Å²) in [5, 5.41) is 0. The van der Waals surface area contributed by atoms with Crippen LogP contribution in [0.1, 0.15) is 27.9 Å². The van der Waals surface area contributed by atoms with Gasteiger partial charge in [-0.3, -0.25) is 8.98 Å². The van der Waals surface area contributed by atoms with Crippen LogP contribution in [0, 0.1) is 6.92 Å². The molecule has 2 rings (SSSR count). The zero-order valence-corrected chi connectivity index (χ0v) is 16.3. The second-order valence-corrected chi connectivity index (χ2v) is 7.55. The van der Waals surface area contributed by atoms with Gasteiger partial charge in [0.05, 0.1) is 31.3 Å². The minimum absolute atomic E-state index is 0.0104. The van der Waals surface area contributed by atoms with E-state index < -0.39 is 16.0 Å². The Bertz CT molecular complexity index is 924. The van der Waals surface area contributed by atoms with Crippen LogP contribution in [0.2, 0.25) is 0 Å². The first-order chi connectivity index (χ1) is 12.8. The molecule has 0 saturated carbocycles. The molecule has 27 heavy (non-hydrogen) atoms. The quantitative estimate of drug-likeness (QED) is 0.518. The maximum atomic E-state index is 12.2. The molecular formula is C19H23NO6S. The van der Waals surface area contributed by atoms with E-state index in [-0.39, 0.29) is 22.8 Å². The number of nitrogens with two attached hydrogens (primary N) is 1. The predicted octanol–water partition coefficient (Wildman–Crippen LogP) is 2.45. The van der Waals surface area contributed by atoms with E-state index in [9.17, 15) is 13.2 Å². The summed E-state index contributed by atoms with van der Waals surface area (Å²) in [5.41, 5.74) is 7.20. The molecule has 0 aliphatic rings. The lowest BCUT2D eigenvalue weighted by Crippen LogP contribution is -2.14. The van der Waals surface area contributed by atoms with Gasteiger partial charge >= 0.3 is 0 Å². The van der Waals surface area contributed by atoms with Gasteiger partial charge in [-0.25, -0.2) is 0 Å². The smallest absolute Gasteiger partial charge is 0.296 e. The zero-order chi connectivity index (χ0) is 20.0. The SMILES string of the molecule is COc1cc(CCCOS(=O)(=O)c2cccc(C)c2)cc(C(N)=O)c1OC. The first-order valence-corrected chi connectivity index (χ1v) is 9.70. The van der Waals surface area contributed by atoms with Crippen LogP contribution in [0.5, 0.6) is 11.5 Å². The van der Waals surface area contributed by atoms with Crippen molar-refractivity contribution in [1.29, 1.82) is 0 Å². The third-order valence-electron chi connectivity index (χ3n) is 3.93. The molecule has 2 aromatic carbocycles. The number of benzene rings is 2. The molecule has 0 spiro atoms. The second-order valence-electron chi connectivity index (χ2n) is 5.94. The van der Waals surface area contributed by atoms with E-state index in [0.29, 0.717) is 18.6 Å². The Morgan fingerprint density at radius 2 is 1.85 bits per heavy atom. The van der Waals surface area contributed by atoms with Crippen molar-refractivity contribution in [3.8, 4) is 11.5 Å². The Morgan fingerprint density at radius 1 is 1.11 bits per heavy atom. The van der Waals surface area contributed by atoms with Crippen LogP contribution in [-0.2, 0) is 20.7 Å². The Kier molecular flexibility index (Phi) is 6.81.